The van der Waals surface area contributed by atoms with Crippen molar-refractivity contribution in [3.05, 3.63) is 24.1 Å². The van der Waals surface area contributed by atoms with Crippen molar-refractivity contribution in [3.63, 3.8) is 0 Å². The SMILES string of the molecule is C=C(/C=C(/NC(=O)C(C)(C)SC1CCOCC1)OCCC)C(C)(C)C(O)C(C)C. The van der Waals surface area contributed by atoms with E-state index in [1.165, 1.54) is 0 Å². The molecule has 1 aliphatic heterocycles. The average molecular weight is 428 g/mol. The number of amides is 1. The summed E-state index contributed by atoms with van der Waals surface area (Å²) in [5.41, 5.74) is 0.187. The number of thioether (sulfide) groups is 1. The van der Waals surface area contributed by atoms with Crippen LogP contribution >= 0.6 is 11.8 Å². The van der Waals surface area contributed by atoms with Gasteiger partial charge in [-0.1, -0.05) is 41.2 Å². The van der Waals surface area contributed by atoms with E-state index in [9.17, 15) is 9.90 Å². The summed E-state index contributed by atoms with van der Waals surface area (Å²) in [6, 6.07) is 0. The monoisotopic (exact) mass is 427 g/mol. The lowest BCUT2D eigenvalue weighted by atomic mass is 9.75. The van der Waals surface area contributed by atoms with E-state index in [1.807, 2.05) is 48.5 Å². The zero-order chi connectivity index (χ0) is 22.2. The third kappa shape index (κ3) is 7.99. The summed E-state index contributed by atoms with van der Waals surface area (Å²) < 4.78 is 10.6. The third-order valence-corrected chi connectivity index (χ3v) is 6.96. The summed E-state index contributed by atoms with van der Waals surface area (Å²) in [7, 11) is 0. The predicted molar refractivity (Wildman–Crippen MR) is 122 cm³/mol. The first-order valence-corrected chi connectivity index (χ1v) is 11.6. The van der Waals surface area contributed by atoms with E-state index in [4.69, 9.17) is 9.47 Å². The molecule has 0 aromatic heterocycles. The highest BCUT2D eigenvalue weighted by Gasteiger charge is 2.35. The van der Waals surface area contributed by atoms with Gasteiger partial charge in [0.15, 0.2) is 5.88 Å². The molecule has 0 saturated carbocycles. The number of hydrogen-bond acceptors (Lipinski definition) is 5. The molecular formula is C23H41NO4S. The van der Waals surface area contributed by atoms with Crippen molar-refractivity contribution in [3.8, 4) is 0 Å². The number of aliphatic hydroxyl groups excluding tert-OH is 1. The molecular weight excluding hydrogens is 386 g/mol. The molecule has 2 N–H and O–H groups in total. The lowest BCUT2D eigenvalue weighted by Crippen LogP contribution is -2.42. The first-order valence-electron chi connectivity index (χ1n) is 10.7. The minimum atomic E-state index is -0.592. The van der Waals surface area contributed by atoms with Crippen molar-refractivity contribution < 1.29 is 19.4 Å². The van der Waals surface area contributed by atoms with Crippen LogP contribution in [0, 0.1) is 11.3 Å². The molecule has 29 heavy (non-hydrogen) atoms. The Hall–Kier alpha value is -0.980. The number of allylic oxidation sites excluding steroid dienone is 1. The van der Waals surface area contributed by atoms with Gasteiger partial charge >= 0.3 is 0 Å². The third-order valence-electron chi connectivity index (χ3n) is 5.38. The average Bonchev–Trinajstić information content (AvgIpc) is 2.65. The van der Waals surface area contributed by atoms with Crippen molar-refractivity contribution in [2.24, 2.45) is 11.3 Å². The van der Waals surface area contributed by atoms with Gasteiger partial charge in [-0.15, -0.1) is 11.8 Å². The summed E-state index contributed by atoms with van der Waals surface area (Å²) in [6.45, 7) is 20.0. The van der Waals surface area contributed by atoms with Crippen LogP contribution in [0.3, 0.4) is 0 Å². The number of nitrogens with one attached hydrogen (secondary N) is 1. The topological polar surface area (TPSA) is 67.8 Å². The molecule has 1 fully saturated rings. The highest BCUT2D eigenvalue weighted by atomic mass is 32.2. The van der Waals surface area contributed by atoms with Gasteiger partial charge in [-0.05, 0) is 44.6 Å². The lowest BCUT2D eigenvalue weighted by molar-refractivity contribution is -0.122. The van der Waals surface area contributed by atoms with E-state index in [1.54, 1.807) is 17.8 Å². The number of carbonyl (C=O) groups excluding carboxylic acids is 1. The molecule has 0 aromatic rings. The number of hydrogen-bond donors (Lipinski definition) is 2. The Kier molecular flexibility index (Phi) is 10.3. The van der Waals surface area contributed by atoms with Crippen molar-refractivity contribution in [2.75, 3.05) is 19.8 Å². The maximum Gasteiger partial charge on any atom is 0.242 e. The summed E-state index contributed by atoms with van der Waals surface area (Å²) in [5.74, 6) is 0.400. The molecule has 0 spiro atoms. The molecule has 1 heterocycles. The predicted octanol–water partition coefficient (Wildman–Crippen LogP) is 4.66. The van der Waals surface area contributed by atoms with Gasteiger partial charge in [-0.2, -0.15) is 0 Å². The molecule has 1 saturated heterocycles. The summed E-state index contributed by atoms with van der Waals surface area (Å²) in [5, 5.41) is 14.0. The van der Waals surface area contributed by atoms with E-state index in [-0.39, 0.29) is 11.8 Å². The van der Waals surface area contributed by atoms with Gasteiger partial charge in [0.1, 0.15) is 0 Å². The van der Waals surface area contributed by atoms with Gasteiger partial charge in [-0.25, -0.2) is 0 Å². The van der Waals surface area contributed by atoms with E-state index in [0.717, 1.165) is 38.0 Å². The molecule has 1 aliphatic rings. The molecule has 1 atom stereocenters. The van der Waals surface area contributed by atoms with Crippen LogP contribution in [-0.4, -0.2) is 46.9 Å². The van der Waals surface area contributed by atoms with Crippen LogP contribution in [0.25, 0.3) is 0 Å². The molecule has 1 amide bonds. The van der Waals surface area contributed by atoms with Crippen molar-refractivity contribution in [1.82, 2.24) is 5.32 Å². The molecule has 1 rings (SSSR count). The fourth-order valence-electron chi connectivity index (χ4n) is 3.22. The zero-order valence-electron chi connectivity index (χ0n) is 19.3. The van der Waals surface area contributed by atoms with Crippen LogP contribution < -0.4 is 5.32 Å². The van der Waals surface area contributed by atoms with Gasteiger partial charge in [0, 0.05) is 30.0 Å². The molecule has 0 aliphatic carbocycles. The summed E-state index contributed by atoms with van der Waals surface area (Å²) in [6.07, 6.45) is 3.98. The van der Waals surface area contributed by atoms with Gasteiger partial charge in [0.2, 0.25) is 5.91 Å². The Morgan fingerprint density at radius 2 is 1.90 bits per heavy atom. The van der Waals surface area contributed by atoms with Crippen LogP contribution in [0.4, 0.5) is 0 Å². The van der Waals surface area contributed by atoms with E-state index in [2.05, 4.69) is 11.9 Å². The van der Waals surface area contributed by atoms with Crippen LogP contribution in [-0.2, 0) is 14.3 Å². The molecule has 5 nitrogen and oxygen atoms in total. The fourth-order valence-corrected chi connectivity index (χ4v) is 4.64. The Balaban J connectivity index is 2.91. The second-order valence-electron chi connectivity index (χ2n) is 9.19. The van der Waals surface area contributed by atoms with Crippen LogP contribution in [0.15, 0.2) is 24.1 Å². The molecule has 0 aromatic carbocycles. The summed E-state index contributed by atoms with van der Waals surface area (Å²) in [4.78, 5) is 13.0. The molecule has 1 unspecified atom stereocenters. The summed E-state index contributed by atoms with van der Waals surface area (Å²) >= 11 is 1.69. The maximum atomic E-state index is 13.0. The molecule has 6 heteroatoms. The second kappa shape index (κ2) is 11.4. The van der Waals surface area contributed by atoms with Gasteiger partial charge in [0.05, 0.1) is 17.5 Å². The largest absolute Gasteiger partial charge is 0.479 e. The Morgan fingerprint density at radius 1 is 1.31 bits per heavy atom. The highest BCUT2D eigenvalue weighted by molar-refractivity contribution is 8.01. The standard InChI is InChI=1S/C23H41NO4S/c1-9-12-28-19(15-17(4)22(5,6)20(25)16(2)3)24-21(26)23(7,8)29-18-10-13-27-14-11-18/h15-16,18,20,25H,4,9-14H2,1-3,5-8H3,(H,24,26)/b19-15-. The second-order valence-corrected chi connectivity index (χ2v) is 11.1. The van der Waals surface area contributed by atoms with Crippen molar-refractivity contribution >= 4 is 17.7 Å². The molecule has 168 valence electrons. The fraction of sp³-hybridized carbons (Fsp3) is 0.783. The van der Waals surface area contributed by atoms with Crippen LogP contribution in [0.2, 0.25) is 0 Å². The Morgan fingerprint density at radius 3 is 2.41 bits per heavy atom. The smallest absolute Gasteiger partial charge is 0.242 e. The lowest BCUT2D eigenvalue weighted by Gasteiger charge is -2.34. The van der Waals surface area contributed by atoms with Gasteiger partial charge < -0.3 is 14.6 Å². The van der Waals surface area contributed by atoms with Gasteiger partial charge in [-0.3, -0.25) is 10.1 Å². The highest BCUT2D eigenvalue weighted by Crippen LogP contribution is 2.36. The minimum absolute atomic E-state index is 0.0913. The molecule has 0 bridgehead atoms. The van der Waals surface area contributed by atoms with E-state index in [0.29, 0.717) is 17.7 Å². The first-order chi connectivity index (χ1) is 13.4. The Labute approximate surface area is 181 Å². The quantitative estimate of drug-likeness (QED) is 0.371. The Bertz CT molecular complexity index is 577. The number of ether oxygens (including phenoxy) is 2. The minimum Gasteiger partial charge on any atom is -0.479 e. The van der Waals surface area contributed by atoms with E-state index >= 15 is 0 Å². The normalized spacial score (nSPS) is 17.9. The van der Waals surface area contributed by atoms with Crippen molar-refractivity contribution in [1.29, 1.82) is 0 Å². The number of rotatable bonds is 11. The molecule has 0 radical (unpaired) electrons. The van der Waals surface area contributed by atoms with Crippen LogP contribution in [0.1, 0.15) is 67.7 Å². The van der Waals surface area contributed by atoms with Crippen molar-refractivity contribution in [2.45, 2.75) is 83.8 Å². The maximum absolute atomic E-state index is 13.0. The van der Waals surface area contributed by atoms with E-state index < -0.39 is 16.3 Å². The number of aliphatic hydroxyl groups is 1. The first kappa shape index (κ1) is 26.1. The van der Waals surface area contributed by atoms with Gasteiger partial charge in [0.25, 0.3) is 0 Å². The van der Waals surface area contributed by atoms with Crippen LogP contribution in [0.5, 0.6) is 0 Å². The number of carbonyl (C=O) groups is 1. The zero-order valence-corrected chi connectivity index (χ0v) is 20.2.